The zero-order chi connectivity index (χ0) is 17.7. The van der Waals surface area contributed by atoms with E-state index < -0.39 is 10.0 Å². The van der Waals surface area contributed by atoms with Gasteiger partial charge in [-0.05, 0) is 43.5 Å². The third kappa shape index (κ3) is 5.40. The van der Waals surface area contributed by atoms with E-state index in [-0.39, 0.29) is 16.5 Å². The van der Waals surface area contributed by atoms with Gasteiger partial charge in [-0.25, -0.2) is 17.9 Å². The third-order valence-corrected chi connectivity index (χ3v) is 7.45. The fraction of sp³-hybridized carbons (Fsp3) is 0.714. The molecule has 7 nitrogen and oxygen atoms in total. The first-order valence-corrected chi connectivity index (χ1v) is 11.0. The Morgan fingerprint density at radius 2 is 2.29 bits per heavy atom. The summed E-state index contributed by atoms with van der Waals surface area (Å²) in [6.45, 7) is 6.89. The molecule has 138 valence electrons. The van der Waals surface area contributed by atoms with Crippen LogP contribution in [0.4, 0.5) is 0 Å². The predicted octanol–water partition coefficient (Wildman–Crippen LogP) is 1.77. The average molecular weight is 396 g/mol. The van der Waals surface area contributed by atoms with Crippen LogP contribution in [0.15, 0.2) is 14.5 Å². The van der Waals surface area contributed by atoms with Crippen LogP contribution in [0.2, 0.25) is 0 Å². The molecular formula is C14H25N3O4S3. The van der Waals surface area contributed by atoms with Gasteiger partial charge >= 0.3 is 0 Å². The maximum atomic E-state index is 11.6. The Hall–Kier alpha value is -0.200. The van der Waals surface area contributed by atoms with Gasteiger partial charge in [-0.2, -0.15) is 0 Å². The average Bonchev–Trinajstić information content (AvgIpc) is 2.96. The molecular weight excluding hydrogens is 370 g/mol. The molecule has 0 spiro atoms. The number of methoxy groups -OCH3 is 1. The summed E-state index contributed by atoms with van der Waals surface area (Å²) in [6, 6.07) is 1.80. The van der Waals surface area contributed by atoms with Crippen LogP contribution in [0.3, 0.4) is 0 Å². The highest BCUT2D eigenvalue weighted by atomic mass is 32.3. The minimum absolute atomic E-state index is 0.0906. The monoisotopic (exact) mass is 395 g/mol. The Morgan fingerprint density at radius 3 is 2.92 bits per heavy atom. The smallest absolute Gasteiger partial charge is 0.247 e. The van der Waals surface area contributed by atoms with E-state index in [2.05, 4.69) is 16.5 Å². The normalized spacial score (nSPS) is 20.1. The van der Waals surface area contributed by atoms with Crippen LogP contribution < -0.4 is 10.5 Å². The van der Waals surface area contributed by atoms with Crippen LogP contribution in [0.25, 0.3) is 0 Å². The van der Waals surface area contributed by atoms with E-state index in [4.69, 9.17) is 14.6 Å². The fourth-order valence-corrected chi connectivity index (χ4v) is 5.81. The van der Waals surface area contributed by atoms with Gasteiger partial charge in [0.25, 0.3) is 0 Å². The van der Waals surface area contributed by atoms with Gasteiger partial charge in [0, 0.05) is 26.2 Å². The molecule has 10 heteroatoms. The Labute approximate surface area is 152 Å². The molecule has 2 atom stereocenters. The maximum Gasteiger partial charge on any atom is 0.247 e. The summed E-state index contributed by atoms with van der Waals surface area (Å²) in [5.74, 6) is 0. The van der Waals surface area contributed by atoms with E-state index in [1.165, 1.54) is 11.3 Å². The van der Waals surface area contributed by atoms with Crippen LogP contribution in [0.1, 0.15) is 31.9 Å². The van der Waals surface area contributed by atoms with Gasteiger partial charge < -0.3 is 14.8 Å². The summed E-state index contributed by atoms with van der Waals surface area (Å²) >= 11 is 2.79. The highest BCUT2D eigenvalue weighted by Crippen LogP contribution is 2.43. The Bertz CT molecular complexity index is 635. The Kier molecular flexibility index (Phi) is 7.50. The predicted molar refractivity (Wildman–Crippen MR) is 96.6 cm³/mol. The van der Waals surface area contributed by atoms with E-state index >= 15 is 0 Å². The second kappa shape index (κ2) is 8.95. The summed E-state index contributed by atoms with van der Waals surface area (Å²) in [7, 11) is -2.06. The molecule has 0 bridgehead atoms. The molecule has 0 saturated carbocycles. The van der Waals surface area contributed by atoms with Crippen molar-refractivity contribution >= 4 is 33.3 Å². The molecule has 0 aromatic carbocycles. The van der Waals surface area contributed by atoms with Gasteiger partial charge in [-0.1, -0.05) is 6.92 Å². The minimum Gasteiger partial charge on any atom is -0.356 e. The van der Waals surface area contributed by atoms with E-state index in [0.29, 0.717) is 6.61 Å². The second-order valence-corrected chi connectivity index (χ2v) is 9.72. The van der Waals surface area contributed by atoms with E-state index in [9.17, 15) is 8.42 Å². The molecule has 2 rings (SSSR count). The van der Waals surface area contributed by atoms with Crippen molar-refractivity contribution in [3.05, 3.63) is 11.6 Å². The largest absolute Gasteiger partial charge is 0.356 e. The van der Waals surface area contributed by atoms with Crippen LogP contribution >= 0.6 is 23.3 Å². The van der Waals surface area contributed by atoms with Crippen LogP contribution in [0, 0.1) is 0 Å². The molecule has 0 aliphatic carbocycles. The van der Waals surface area contributed by atoms with Gasteiger partial charge in [0.05, 0.1) is 10.8 Å². The molecule has 2 heterocycles. The first kappa shape index (κ1) is 20.1. The number of nitrogens with zero attached hydrogens (tertiary/aromatic N) is 1. The SMILES string of the molecule is CCCN[C@H]1CN(CCOC(C)OC)Sc2sc(S(N)(=O)=O)cc21. The van der Waals surface area contributed by atoms with Crippen molar-refractivity contribution in [3.8, 4) is 0 Å². The summed E-state index contributed by atoms with van der Waals surface area (Å²) in [6.07, 6.45) is 0.777. The highest BCUT2D eigenvalue weighted by Gasteiger charge is 2.30. The van der Waals surface area contributed by atoms with E-state index in [0.717, 1.165) is 35.8 Å². The van der Waals surface area contributed by atoms with E-state index in [1.807, 2.05) is 6.92 Å². The molecule has 1 unspecified atom stereocenters. The van der Waals surface area contributed by atoms with Crippen molar-refractivity contribution in [1.29, 1.82) is 0 Å². The lowest BCUT2D eigenvalue weighted by atomic mass is 10.1. The first-order valence-electron chi connectivity index (χ1n) is 7.82. The molecule has 0 radical (unpaired) electrons. The molecule has 0 saturated heterocycles. The number of ether oxygens (including phenoxy) is 2. The number of hydrogen-bond acceptors (Lipinski definition) is 8. The molecule has 0 fully saturated rings. The fourth-order valence-electron chi connectivity index (χ4n) is 2.30. The number of hydrogen-bond donors (Lipinski definition) is 2. The van der Waals surface area contributed by atoms with E-state index in [1.54, 1.807) is 25.1 Å². The van der Waals surface area contributed by atoms with Gasteiger partial charge in [0.2, 0.25) is 10.0 Å². The van der Waals surface area contributed by atoms with Crippen molar-refractivity contribution in [2.24, 2.45) is 5.14 Å². The number of sulfonamides is 1. The van der Waals surface area contributed by atoms with Crippen molar-refractivity contribution < 1.29 is 17.9 Å². The molecule has 1 aromatic heterocycles. The van der Waals surface area contributed by atoms with Gasteiger partial charge in [-0.3, -0.25) is 0 Å². The summed E-state index contributed by atoms with van der Waals surface area (Å²) in [4.78, 5) is 0. The number of nitrogens with two attached hydrogens (primary N) is 1. The quantitative estimate of drug-likeness (QED) is 0.486. The molecule has 24 heavy (non-hydrogen) atoms. The third-order valence-electron chi connectivity index (χ3n) is 3.62. The molecule has 3 N–H and O–H groups in total. The maximum absolute atomic E-state index is 11.6. The first-order chi connectivity index (χ1) is 11.3. The Balaban J connectivity index is 2.10. The lowest BCUT2D eigenvalue weighted by Gasteiger charge is -2.32. The lowest BCUT2D eigenvalue weighted by Crippen LogP contribution is -2.36. The molecule has 1 aliphatic heterocycles. The number of thiophene rings is 1. The van der Waals surface area contributed by atoms with Crippen LogP contribution in [0.5, 0.6) is 0 Å². The number of nitrogens with one attached hydrogen (secondary N) is 1. The van der Waals surface area contributed by atoms with Crippen LogP contribution in [-0.4, -0.2) is 52.4 Å². The highest BCUT2D eigenvalue weighted by molar-refractivity contribution is 7.99. The Morgan fingerprint density at radius 1 is 1.54 bits per heavy atom. The lowest BCUT2D eigenvalue weighted by molar-refractivity contribution is -0.111. The van der Waals surface area contributed by atoms with Crippen molar-refractivity contribution in [2.75, 3.05) is 33.4 Å². The van der Waals surface area contributed by atoms with Gasteiger partial charge in [0.1, 0.15) is 4.21 Å². The summed E-state index contributed by atoms with van der Waals surface area (Å²) in [5, 5.41) is 8.77. The van der Waals surface area contributed by atoms with Crippen LogP contribution in [-0.2, 0) is 19.5 Å². The number of rotatable bonds is 9. The molecule has 1 aromatic rings. The van der Waals surface area contributed by atoms with Crippen molar-refractivity contribution in [2.45, 2.75) is 41.0 Å². The number of fused-ring (bicyclic) bond motifs is 1. The zero-order valence-electron chi connectivity index (χ0n) is 14.1. The summed E-state index contributed by atoms with van der Waals surface area (Å²) < 4.78 is 37.3. The topological polar surface area (TPSA) is 93.9 Å². The summed E-state index contributed by atoms with van der Waals surface area (Å²) in [5.41, 5.74) is 1.02. The van der Waals surface area contributed by atoms with Crippen molar-refractivity contribution in [3.63, 3.8) is 0 Å². The van der Waals surface area contributed by atoms with Gasteiger partial charge in [0.15, 0.2) is 6.29 Å². The number of primary sulfonamides is 1. The minimum atomic E-state index is -3.67. The molecule has 1 aliphatic rings. The zero-order valence-corrected chi connectivity index (χ0v) is 16.6. The standard InChI is InChI=1S/C14H25N3O4S3/c1-4-5-16-12-9-17(6-7-21-10(2)20-3)23-14-11(12)8-13(22-14)24(15,18)19/h8,10,12,16H,4-7,9H2,1-3H3,(H2,15,18,19)/t10?,12-/m0/s1. The second-order valence-electron chi connectivity index (χ2n) is 5.51. The van der Waals surface area contributed by atoms with Crippen molar-refractivity contribution in [1.82, 2.24) is 9.62 Å². The van der Waals surface area contributed by atoms with Gasteiger partial charge in [-0.15, -0.1) is 11.3 Å². The molecule has 0 amide bonds.